The summed E-state index contributed by atoms with van der Waals surface area (Å²) < 4.78 is 46.2. The predicted octanol–water partition coefficient (Wildman–Crippen LogP) is 5.89. The summed E-state index contributed by atoms with van der Waals surface area (Å²) in [5.74, 6) is -1.51. The zero-order chi connectivity index (χ0) is 21.7. The van der Waals surface area contributed by atoms with Gasteiger partial charge in [-0.15, -0.1) is 0 Å². The van der Waals surface area contributed by atoms with E-state index in [4.69, 9.17) is 5.48 Å². The molecule has 0 radical (unpaired) electrons. The molecule has 0 spiro atoms. The molecule has 3 heteroatoms. The number of pyridine rings is 1. The monoisotopic (exact) mass is 347 g/mol. The van der Waals surface area contributed by atoms with Crippen molar-refractivity contribution >= 4 is 13.3 Å². The van der Waals surface area contributed by atoms with E-state index in [1.807, 2.05) is 33.8 Å². The molecule has 0 fully saturated rings. The molecule has 1 aromatic heterocycles. The van der Waals surface area contributed by atoms with Crippen LogP contribution in [0.25, 0.3) is 11.3 Å². The lowest BCUT2D eigenvalue weighted by molar-refractivity contribution is 0.340. The van der Waals surface area contributed by atoms with Crippen LogP contribution >= 0.6 is 0 Å². The average molecular weight is 348 g/mol. The van der Waals surface area contributed by atoms with Crippen LogP contribution in [-0.2, 0) is 0 Å². The molecule has 0 N–H and O–H groups in total. The quantitative estimate of drug-likeness (QED) is 0.631. The summed E-state index contributed by atoms with van der Waals surface area (Å²) in [6.45, 7) is 12.2. The van der Waals surface area contributed by atoms with Crippen LogP contribution in [0, 0.1) is 18.1 Å². The minimum Gasteiger partial charge on any atom is -0.256 e. The third kappa shape index (κ3) is 3.94. The van der Waals surface area contributed by atoms with E-state index in [9.17, 15) is 4.39 Å². The van der Waals surface area contributed by atoms with Crippen molar-refractivity contribution in [1.29, 1.82) is 0 Å². The van der Waals surface area contributed by atoms with E-state index in [1.165, 1.54) is 12.1 Å². The number of rotatable bonds is 3. The largest absolute Gasteiger partial charge is 0.256 e. The van der Waals surface area contributed by atoms with Gasteiger partial charge in [0.2, 0.25) is 0 Å². The lowest BCUT2D eigenvalue weighted by Crippen LogP contribution is -2.42. The first-order valence-electron chi connectivity index (χ1n) is 10.3. The summed E-state index contributed by atoms with van der Waals surface area (Å²) in [6, 6.07) is 5.76. The van der Waals surface area contributed by atoms with Crippen molar-refractivity contribution < 1.29 is 9.87 Å². The van der Waals surface area contributed by atoms with Crippen molar-refractivity contribution in [2.75, 3.05) is 0 Å². The van der Waals surface area contributed by atoms with Crippen molar-refractivity contribution in [3.8, 4) is 11.3 Å². The molecule has 2 aromatic rings. The maximum absolute atomic E-state index is 14.7. The second-order valence-electron chi connectivity index (χ2n) is 8.43. The number of aromatic nitrogens is 1. The Hall–Kier alpha value is -1.48. The van der Waals surface area contributed by atoms with Gasteiger partial charge >= 0.3 is 0 Å². The number of hydrogen-bond donors (Lipinski definition) is 0. The molecule has 0 aliphatic carbocycles. The molecule has 0 saturated heterocycles. The Labute approximate surface area is 153 Å². The van der Waals surface area contributed by atoms with E-state index in [0.717, 1.165) is 16.8 Å². The van der Waals surface area contributed by atoms with Crippen LogP contribution in [0.15, 0.2) is 30.5 Å². The molecule has 1 unspecified atom stereocenters. The Kier molecular flexibility index (Phi) is 3.69. The van der Waals surface area contributed by atoms with Gasteiger partial charge in [0.25, 0.3) is 0 Å². The highest BCUT2D eigenvalue weighted by molar-refractivity contribution is 6.89. The van der Waals surface area contributed by atoms with E-state index in [-0.39, 0.29) is 16.5 Å². The van der Waals surface area contributed by atoms with Crippen LogP contribution in [0.1, 0.15) is 50.2 Å². The first-order valence-corrected chi connectivity index (χ1v) is 11.8. The first-order chi connectivity index (χ1) is 12.5. The molecule has 0 aliphatic heterocycles. The van der Waals surface area contributed by atoms with Gasteiger partial charge in [-0.2, -0.15) is 0 Å². The second kappa shape index (κ2) is 6.44. The Morgan fingerprint density at radius 1 is 1.21 bits per heavy atom. The lowest BCUT2D eigenvalue weighted by atomic mass is 9.78. The normalized spacial score (nSPS) is 18.2. The van der Waals surface area contributed by atoms with E-state index >= 15 is 0 Å². The minimum atomic E-state index is -2.36. The van der Waals surface area contributed by atoms with Crippen molar-refractivity contribution in [2.24, 2.45) is 5.41 Å². The van der Waals surface area contributed by atoms with Crippen molar-refractivity contribution in [1.82, 2.24) is 4.98 Å². The highest BCUT2D eigenvalue weighted by atomic mass is 28.3. The van der Waals surface area contributed by atoms with E-state index in [2.05, 4.69) is 24.6 Å². The lowest BCUT2D eigenvalue weighted by Gasteiger charge is -2.32. The summed E-state index contributed by atoms with van der Waals surface area (Å²) in [5, 5.41) is 1.09. The molecule has 2 rings (SSSR count). The van der Waals surface area contributed by atoms with Crippen molar-refractivity contribution in [3.63, 3.8) is 0 Å². The maximum atomic E-state index is 14.7. The van der Waals surface area contributed by atoms with E-state index in [0.29, 0.717) is 5.69 Å². The summed E-state index contributed by atoms with van der Waals surface area (Å²) in [4.78, 5) is 4.50. The smallest absolute Gasteiger partial charge is 0.132 e. The van der Waals surface area contributed by atoms with Gasteiger partial charge < -0.3 is 0 Å². The van der Waals surface area contributed by atoms with Crippen LogP contribution in [0.4, 0.5) is 4.39 Å². The molecule has 1 nitrogen and oxygen atoms in total. The molecule has 1 heterocycles. The molecule has 130 valence electrons. The Balaban J connectivity index is 2.71. The third-order valence-electron chi connectivity index (χ3n) is 4.49. The van der Waals surface area contributed by atoms with Gasteiger partial charge in [0.1, 0.15) is 5.82 Å². The molecular formula is C21H30FNSi. The SMILES string of the molecule is [2H]C([2H])([2H])c1ccc(-c2cc(C([2H])(C)C(C)(C)C)c([Si](C)(C)C)cn2)c(F)c1. The van der Waals surface area contributed by atoms with E-state index < -0.39 is 26.6 Å². The molecule has 1 atom stereocenters. The number of benzene rings is 1. The molecule has 0 saturated carbocycles. The van der Waals surface area contributed by atoms with Gasteiger partial charge in [0.15, 0.2) is 0 Å². The third-order valence-corrected chi connectivity index (χ3v) is 6.50. The molecule has 0 aliphatic rings. The fraction of sp³-hybridized carbons (Fsp3) is 0.476. The fourth-order valence-electron chi connectivity index (χ4n) is 2.64. The number of nitrogens with zero attached hydrogens (tertiary/aromatic N) is 1. The highest BCUT2D eigenvalue weighted by Gasteiger charge is 2.29. The molecule has 1 aromatic carbocycles. The Morgan fingerprint density at radius 2 is 1.88 bits per heavy atom. The first kappa shape index (κ1) is 13.8. The van der Waals surface area contributed by atoms with Crippen LogP contribution in [0.2, 0.25) is 19.6 Å². The van der Waals surface area contributed by atoms with Crippen molar-refractivity contribution in [2.45, 2.75) is 60.1 Å². The summed E-state index contributed by atoms with van der Waals surface area (Å²) in [7, 11) is -1.79. The molecule has 0 bridgehead atoms. The average Bonchev–Trinajstić information content (AvgIpc) is 2.51. The summed E-state index contributed by atoms with van der Waals surface area (Å²) in [6.07, 6.45) is 1.78. The summed E-state index contributed by atoms with van der Waals surface area (Å²) >= 11 is 0. The van der Waals surface area contributed by atoms with Crippen LogP contribution in [0.5, 0.6) is 0 Å². The van der Waals surface area contributed by atoms with Gasteiger partial charge in [-0.3, -0.25) is 4.98 Å². The standard InChI is InChI=1S/C21H30FNSi/c1-14-9-10-16(18(22)11-14)19-12-17(15(2)21(3,4)5)20(13-23-19)24(6,7)8/h9-13,15H,1-8H3/i1D3,15D. The molecular weight excluding hydrogens is 313 g/mol. The van der Waals surface area contributed by atoms with Gasteiger partial charge in [0.05, 0.1) is 13.8 Å². The fourth-order valence-corrected chi connectivity index (χ4v) is 4.16. The highest BCUT2D eigenvalue weighted by Crippen LogP contribution is 2.36. The van der Waals surface area contributed by atoms with Gasteiger partial charge in [-0.25, -0.2) is 4.39 Å². The molecule has 24 heavy (non-hydrogen) atoms. The Bertz CT molecular complexity index is 877. The minimum absolute atomic E-state index is 0.0345. The number of aryl methyl sites for hydroxylation is 1. The van der Waals surface area contributed by atoms with Gasteiger partial charge in [-0.05, 0) is 52.7 Å². The predicted molar refractivity (Wildman–Crippen MR) is 105 cm³/mol. The number of halogens is 1. The van der Waals surface area contributed by atoms with E-state index in [1.54, 1.807) is 6.20 Å². The van der Waals surface area contributed by atoms with Gasteiger partial charge in [-0.1, -0.05) is 53.4 Å². The second-order valence-corrected chi connectivity index (χ2v) is 13.5. The maximum Gasteiger partial charge on any atom is 0.132 e. The topological polar surface area (TPSA) is 12.9 Å². The zero-order valence-electron chi connectivity index (χ0n) is 19.7. The van der Waals surface area contributed by atoms with Crippen LogP contribution in [-0.4, -0.2) is 13.1 Å². The zero-order valence-corrected chi connectivity index (χ0v) is 16.7. The van der Waals surface area contributed by atoms with Crippen molar-refractivity contribution in [3.05, 3.63) is 47.4 Å². The summed E-state index contributed by atoms with van der Waals surface area (Å²) in [5.41, 5.74) is 1.18. The molecule has 0 amide bonds. The van der Waals surface area contributed by atoms with Crippen LogP contribution in [0.3, 0.4) is 0 Å². The Morgan fingerprint density at radius 3 is 2.38 bits per heavy atom. The number of hydrogen-bond acceptors (Lipinski definition) is 1. The van der Waals surface area contributed by atoms with Gasteiger partial charge in [0, 0.05) is 17.2 Å². The van der Waals surface area contributed by atoms with Crippen LogP contribution < -0.4 is 5.19 Å².